The highest BCUT2D eigenvalue weighted by atomic mass is 16.1. The highest BCUT2D eigenvalue weighted by molar-refractivity contribution is 5.77. The van der Waals surface area contributed by atoms with Crippen LogP contribution >= 0.6 is 0 Å². The van der Waals surface area contributed by atoms with E-state index in [0.717, 1.165) is 11.6 Å². The van der Waals surface area contributed by atoms with E-state index in [0.29, 0.717) is 6.42 Å². The van der Waals surface area contributed by atoms with Crippen molar-refractivity contribution in [1.29, 1.82) is 0 Å². The lowest BCUT2D eigenvalue weighted by atomic mass is 9.96. The molecule has 5 heteroatoms. The molecule has 20 heavy (non-hydrogen) atoms. The topological polar surface area (TPSA) is 66.9 Å². The van der Waals surface area contributed by atoms with Crippen LogP contribution < -0.4 is 10.6 Å². The largest absolute Gasteiger partial charge is 0.367 e. The van der Waals surface area contributed by atoms with E-state index >= 15 is 0 Å². The van der Waals surface area contributed by atoms with E-state index in [-0.39, 0.29) is 23.4 Å². The first kappa shape index (κ1) is 16.4. The molecule has 0 bridgehead atoms. The van der Waals surface area contributed by atoms with Crippen LogP contribution in [-0.2, 0) is 10.2 Å². The second kappa shape index (κ2) is 6.68. The molecule has 1 amide bonds. The minimum atomic E-state index is -0.0874. The second-order valence-electron chi connectivity index (χ2n) is 6.49. The summed E-state index contributed by atoms with van der Waals surface area (Å²) < 4.78 is 0. The molecule has 0 saturated carbocycles. The van der Waals surface area contributed by atoms with Crippen LogP contribution in [0.5, 0.6) is 0 Å². The van der Waals surface area contributed by atoms with Crippen LogP contribution in [0.25, 0.3) is 0 Å². The molecule has 0 saturated heterocycles. The van der Waals surface area contributed by atoms with Crippen LogP contribution in [0, 0.1) is 0 Å². The number of hydrogen-bond acceptors (Lipinski definition) is 4. The van der Waals surface area contributed by atoms with Crippen molar-refractivity contribution < 1.29 is 4.79 Å². The van der Waals surface area contributed by atoms with Crippen LogP contribution in [-0.4, -0.2) is 28.0 Å². The van der Waals surface area contributed by atoms with Gasteiger partial charge < -0.3 is 10.6 Å². The number of carbonyl (C=O) groups excluding carboxylic acids is 1. The van der Waals surface area contributed by atoms with Crippen molar-refractivity contribution in [3.8, 4) is 0 Å². The number of carbonyl (C=O) groups is 1. The zero-order valence-electron chi connectivity index (χ0n) is 13.3. The van der Waals surface area contributed by atoms with Gasteiger partial charge in [0, 0.05) is 30.1 Å². The smallest absolute Gasteiger partial charge is 0.222 e. The molecule has 1 heterocycles. The maximum atomic E-state index is 11.7. The predicted molar refractivity (Wildman–Crippen MR) is 81.7 cm³/mol. The third kappa shape index (κ3) is 5.55. The van der Waals surface area contributed by atoms with Crippen LogP contribution in [0.3, 0.4) is 0 Å². The minimum absolute atomic E-state index is 0.0245. The molecule has 1 atom stereocenters. The Bertz CT molecular complexity index is 451. The number of nitrogens with one attached hydrogen (secondary N) is 2. The summed E-state index contributed by atoms with van der Waals surface area (Å²) in [6, 6.07) is 2.02. The van der Waals surface area contributed by atoms with Gasteiger partial charge in [0.25, 0.3) is 0 Å². The minimum Gasteiger partial charge on any atom is -0.367 e. The molecule has 1 aromatic heterocycles. The summed E-state index contributed by atoms with van der Waals surface area (Å²) in [6.07, 6.45) is 2.17. The summed E-state index contributed by atoms with van der Waals surface area (Å²) in [5.74, 6) is 1.60. The average molecular weight is 278 g/mol. The lowest BCUT2D eigenvalue weighted by molar-refractivity contribution is -0.121. The van der Waals surface area contributed by atoms with Crippen molar-refractivity contribution in [1.82, 2.24) is 15.3 Å². The van der Waals surface area contributed by atoms with Gasteiger partial charge in [-0.05, 0) is 26.8 Å². The molecule has 1 rings (SSSR count). The second-order valence-corrected chi connectivity index (χ2v) is 6.49. The van der Waals surface area contributed by atoms with Gasteiger partial charge >= 0.3 is 0 Å². The maximum absolute atomic E-state index is 11.7. The molecule has 0 unspecified atom stereocenters. The van der Waals surface area contributed by atoms with Gasteiger partial charge in [-0.25, -0.2) is 9.97 Å². The van der Waals surface area contributed by atoms with Crippen molar-refractivity contribution in [3.05, 3.63) is 18.1 Å². The predicted octanol–water partition coefficient (Wildman–Crippen LogP) is 2.49. The fraction of sp³-hybridized carbons (Fsp3) is 0.667. The molecule has 112 valence electrons. The van der Waals surface area contributed by atoms with Crippen molar-refractivity contribution in [2.45, 2.75) is 65.5 Å². The van der Waals surface area contributed by atoms with Crippen molar-refractivity contribution in [2.75, 3.05) is 5.32 Å². The maximum Gasteiger partial charge on any atom is 0.222 e. The van der Waals surface area contributed by atoms with E-state index in [1.165, 1.54) is 0 Å². The van der Waals surface area contributed by atoms with Gasteiger partial charge in [0.1, 0.15) is 11.6 Å². The monoisotopic (exact) mass is 278 g/mol. The lowest BCUT2D eigenvalue weighted by Gasteiger charge is -2.19. The molecule has 0 radical (unpaired) electrons. The van der Waals surface area contributed by atoms with E-state index in [2.05, 4.69) is 41.4 Å². The van der Waals surface area contributed by atoms with Gasteiger partial charge in [0.15, 0.2) is 0 Å². The van der Waals surface area contributed by atoms with Gasteiger partial charge in [0.2, 0.25) is 5.91 Å². The van der Waals surface area contributed by atoms with E-state index in [1.807, 2.05) is 26.8 Å². The van der Waals surface area contributed by atoms with Crippen LogP contribution in [0.2, 0.25) is 0 Å². The Labute approximate surface area is 121 Å². The number of nitrogens with zero attached hydrogens (tertiary/aromatic N) is 2. The zero-order chi connectivity index (χ0) is 15.3. The fourth-order valence-corrected chi connectivity index (χ4v) is 1.76. The first-order valence-corrected chi connectivity index (χ1v) is 7.08. The van der Waals surface area contributed by atoms with Gasteiger partial charge in [-0.15, -0.1) is 0 Å². The quantitative estimate of drug-likeness (QED) is 0.868. The number of rotatable bonds is 5. The molecule has 1 aromatic rings. The Balaban J connectivity index is 2.62. The summed E-state index contributed by atoms with van der Waals surface area (Å²) in [4.78, 5) is 20.5. The molecule has 0 fully saturated rings. The number of amides is 1. The van der Waals surface area contributed by atoms with Gasteiger partial charge in [-0.1, -0.05) is 20.8 Å². The normalized spacial score (nSPS) is 13.2. The van der Waals surface area contributed by atoms with Gasteiger partial charge in [-0.3, -0.25) is 4.79 Å². The fourth-order valence-electron chi connectivity index (χ4n) is 1.76. The summed E-state index contributed by atoms with van der Waals surface area (Å²) in [7, 11) is 0. The van der Waals surface area contributed by atoms with Gasteiger partial charge in [-0.2, -0.15) is 0 Å². The molecular weight excluding hydrogens is 252 g/mol. The summed E-state index contributed by atoms with van der Waals surface area (Å²) >= 11 is 0. The van der Waals surface area contributed by atoms with Crippen molar-refractivity contribution >= 4 is 11.7 Å². The number of anilines is 1. The molecule has 0 aliphatic heterocycles. The molecular formula is C15H26N4O. The van der Waals surface area contributed by atoms with Gasteiger partial charge in [0.05, 0.1) is 0 Å². The van der Waals surface area contributed by atoms with Crippen LogP contribution in [0.15, 0.2) is 12.3 Å². The third-order valence-electron chi connectivity index (χ3n) is 2.66. The van der Waals surface area contributed by atoms with E-state index in [4.69, 9.17) is 0 Å². The Kier molecular flexibility index (Phi) is 5.48. The first-order valence-electron chi connectivity index (χ1n) is 7.08. The summed E-state index contributed by atoms with van der Waals surface area (Å²) in [5, 5.41) is 6.13. The van der Waals surface area contributed by atoms with E-state index in [1.54, 1.807) is 6.20 Å². The highest BCUT2D eigenvalue weighted by Crippen LogP contribution is 2.19. The Morgan fingerprint density at radius 2 is 1.95 bits per heavy atom. The number of aromatic nitrogens is 2. The van der Waals surface area contributed by atoms with Crippen LogP contribution in [0.1, 0.15) is 53.8 Å². The lowest BCUT2D eigenvalue weighted by Crippen LogP contribution is -2.34. The van der Waals surface area contributed by atoms with Crippen molar-refractivity contribution in [2.24, 2.45) is 0 Å². The SMILES string of the molecule is CC(C)NC(=O)C[C@H](C)Nc1ccnc(C(C)(C)C)n1. The highest BCUT2D eigenvalue weighted by Gasteiger charge is 2.18. The molecule has 5 nitrogen and oxygen atoms in total. The molecule has 0 aliphatic carbocycles. The van der Waals surface area contributed by atoms with E-state index in [9.17, 15) is 4.79 Å². The Morgan fingerprint density at radius 3 is 2.50 bits per heavy atom. The van der Waals surface area contributed by atoms with Crippen LogP contribution in [0.4, 0.5) is 5.82 Å². The zero-order valence-corrected chi connectivity index (χ0v) is 13.3. The molecule has 2 N–H and O–H groups in total. The first-order chi connectivity index (χ1) is 9.18. The van der Waals surface area contributed by atoms with Crippen molar-refractivity contribution in [3.63, 3.8) is 0 Å². The Hall–Kier alpha value is -1.65. The standard InChI is InChI=1S/C15H26N4O/c1-10(2)17-13(20)9-11(3)18-12-7-8-16-14(19-12)15(4,5)6/h7-8,10-11H,9H2,1-6H3,(H,17,20)(H,16,18,19)/t11-/m0/s1. The molecule has 0 aromatic carbocycles. The number of hydrogen-bond donors (Lipinski definition) is 2. The summed E-state index contributed by atoms with van der Waals surface area (Å²) in [5.41, 5.74) is -0.0874. The third-order valence-corrected chi connectivity index (χ3v) is 2.66. The average Bonchev–Trinajstić information content (AvgIpc) is 2.26. The Morgan fingerprint density at radius 1 is 1.30 bits per heavy atom. The molecule has 0 aliphatic rings. The van der Waals surface area contributed by atoms with E-state index < -0.39 is 0 Å². The summed E-state index contributed by atoms with van der Waals surface area (Å²) in [6.45, 7) is 12.1. The molecule has 0 spiro atoms.